The van der Waals surface area contributed by atoms with Crippen molar-refractivity contribution < 1.29 is 9.85 Å². The highest BCUT2D eigenvalue weighted by molar-refractivity contribution is 9.10. The molecular weight excluding hydrogens is 460 g/mol. The van der Waals surface area contributed by atoms with Crippen molar-refractivity contribution in [1.82, 2.24) is 9.78 Å². The maximum absolute atomic E-state index is 11.9. The number of rotatable bonds is 5. The van der Waals surface area contributed by atoms with Gasteiger partial charge in [-0.15, -0.1) is 0 Å². The maximum atomic E-state index is 11.9. The lowest BCUT2D eigenvalue weighted by molar-refractivity contribution is -0.426. The molecule has 0 aliphatic heterocycles. The van der Waals surface area contributed by atoms with Gasteiger partial charge in [-0.2, -0.15) is 4.68 Å². The summed E-state index contributed by atoms with van der Waals surface area (Å²) in [6, 6.07) is 7.41. The lowest BCUT2D eigenvalue weighted by atomic mass is 9.53. The Bertz CT molecular complexity index is 971. The molecule has 4 bridgehead atoms. The summed E-state index contributed by atoms with van der Waals surface area (Å²) >= 11 is 4.59. The predicted octanol–water partition coefficient (Wildman–Crippen LogP) is 5.54. The number of hydrogen-bond acceptors (Lipinski definition) is 6. The van der Waals surface area contributed by atoms with E-state index in [2.05, 4.69) is 21.0 Å². The second-order valence-corrected chi connectivity index (χ2v) is 10.6. The Morgan fingerprint density at radius 1 is 1.00 bits per heavy atom. The molecule has 1 aromatic carbocycles. The molecule has 4 fully saturated rings. The molecule has 1 aromatic heterocycles. The lowest BCUT2D eigenvalue weighted by Gasteiger charge is -2.55. The van der Waals surface area contributed by atoms with Gasteiger partial charge in [0.2, 0.25) is 5.03 Å². The van der Waals surface area contributed by atoms with Crippen LogP contribution in [0.5, 0.6) is 0 Å². The molecule has 1 heterocycles. The molecule has 0 amide bonds. The van der Waals surface area contributed by atoms with E-state index in [0.717, 1.165) is 28.6 Å². The van der Waals surface area contributed by atoms with Crippen LogP contribution in [0.1, 0.15) is 38.5 Å². The van der Waals surface area contributed by atoms with Crippen molar-refractivity contribution in [2.45, 2.75) is 54.0 Å². The van der Waals surface area contributed by atoms with Crippen LogP contribution in [0.15, 0.2) is 38.7 Å². The van der Waals surface area contributed by atoms with Crippen molar-refractivity contribution in [3.8, 4) is 0 Å². The third-order valence-electron chi connectivity index (χ3n) is 6.64. The molecule has 4 aliphatic carbocycles. The van der Waals surface area contributed by atoms with Crippen molar-refractivity contribution in [3.63, 3.8) is 0 Å². The smallest absolute Gasteiger partial charge is 0.358 e. The van der Waals surface area contributed by atoms with Gasteiger partial charge in [0.15, 0.2) is 0 Å². The summed E-state index contributed by atoms with van der Waals surface area (Å²) < 4.78 is 2.58. The van der Waals surface area contributed by atoms with E-state index in [9.17, 15) is 20.2 Å². The fourth-order valence-corrected chi connectivity index (χ4v) is 7.36. The Morgan fingerprint density at radius 3 is 2.03 bits per heavy atom. The first-order chi connectivity index (χ1) is 13.8. The van der Waals surface area contributed by atoms with Crippen LogP contribution in [-0.2, 0) is 5.54 Å². The number of nitrogens with zero attached hydrogens (tertiary/aromatic N) is 4. The van der Waals surface area contributed by atoms with Crippen molar-refractivity contribution >= 4 is 39.2 Å². The Kier molecular flexibility index (Phi) is 4.47. The summed E-state index contributed by atoms with van der Waals surface area (Å²) in [7, 11) is 0. The van der Waals surface area contributed by atoms with E-state index < -0.39 is 21.4 Å². The van der Waals surface area contributed by atoms with Crippen LogP contribution < -0.4 is 0 Å². The van der Waals surface area contributed by atoms with E-state index in [1.54, 1.807) is 4.68 Å². The van der Waals surface area contributed by atoms with Gasteiger partial charge < -0.3 is 10.1 Å². The quantitative estimate of drug-likeness (QED) is 0.412. The molecule has 2 aromatic rings. The minimum atomic E-state index is -0.721. The third kappa shape index (κ3) is 3.16. The highest BCUT2D eigenvalue weighted by Crippen LogP contribution is 2.60. The van der Waals surface area contributed by atoms with Crippen molar-refractivity contribution in [3.05, 3.63) is 49.0 Å². The van der Waals surface area contributed by atoms with Crippen LogP contribution in [0.3, 0.4) is 0 Å². The van der Waals surface area contributed by atoms with Gasteiger partial charge in [0.25, 0.3) is 0 Å². The first-order valence-corrected chi connectivity index (χ1v) is 11.3. The van der Waals surface area contributed by atoms with Crippen molar-refractivity contribution in [2.24, 2.45) is 17.8 Å². The standard InChI is InChI=1S/C19H19BrN4O4S/c20-14-1-3-15(4-2-14)29-18-16(23(25)26)17(24(27)28)21-22(18)19-8-11-5-12(9-19)7-13(6-11)10-19/h1-4,11-13H,5-10H2. The summed E-state index contributed by atoms with van der Waals surface area (Å²) in [6.07, 6.45) is 6.34. The molecule has 4 aliphatic rings. The minimum Gasteiger partial charge on any atom is -0.358 e. The fraction of sp³-hybridized carbons (Fsp3) is 0.526. The zero-order chi connectivity index (χ0) is 20.3. The van der Waals surface area contributed by atoms with E-state index in [-0.39, 0.29) is 10.6 Å². The van der Waals surface area contributed by atoms with Gasteiger partial charge in [0.05, 0.1) is 15.6 Å². The molecule has 0 spiro atoms. The molecule has 6 rings (SSSR count). The van der Waals surface area contributed by atoms with Gasteiger partial charge in [0.1, 0.15) is 0 Å². The molecule has 0 atom stereocenters. The number of hydrogen-bond donors (Lipinski definition) is 0. The first-order valence-electron chi connectivity index (χ1n) is 9.70. The molecule has 8 nitrogen and oxygen atoms in total. The lowest BCUT2D eigenvalue weighted by Crippen LogP contribution is -2.52. The van der Waals surface area contributed by atoms with Crippen LogP contribution in [0.4, 0.5) is 11.5 Å². The zero-order valence-electron chi connectivity index (χ0n) is 15.5. The molecule has 4 saturated carbocycles. The van der Waals surface area contributed by atoms with Gasteiger partial charge in [-0.1, -0.05) is 27.7 Å². The molecule has 152 valence electrons. The Hall–Kier alpha value is -1.94. The number of halogens is 1. The van der Waals surface area contributed by atoms with Crippen molar-refractivity contribution in [2.75, 3.05) is 0 Å². The topological polar surface area (TPSA) is 104 Å². The Morgan fingerprint density at radius 2 is 1.55 bits per heavy atom. The van der Waals surface area contributed by atoms with Crippen LogP contribution in [-0.4, -0.2) is 19.6 Å². The normalized spacial score (nSPS) is 29.9. The first kappa shape index (κ1) is 19.0. The summed E-state index contributed by atoms with van der Waals surface area (Å²) in [6.45, 7) is 0. The molecule has 0 saturated heterocycles. The highest BCUT2D eigenvalue weighted by Gasteiger charge is 2.56. The molecule has 0 unspecified atom stereocenters. The van der Waals surface area contributed by atoms with Crippen molar-refractivity contribution in [1.29, 1.82) is 0 Å². The molecule has 0 N–H and O–H groups in total. The fourth-order valence-electron chi connectivity index (χ4n) is 6.02. The van der Waals surface area contributed by atoms with Crippen LogP contribution >= 0.6 is 27.7 Å². The van der Waals surface area contributed by atoms with Gasteiger partial charge in [-0.05, 0) is 85.5 Å². The molecule has 29 heavy (non-hydrogen) atoms. The minimum absolute atomic E-state index is 0.283. The summed E-state index contributed by atoms with van der Waals surface area (Å²) in [5, 5.41) is 28.0. The van der Waals surface area contributed by atoms with E-state index >= 15 is 0 Å². The van der Waals surface area contributed by atoms with E-state index in [1.165, 1.54) is 31.0 Å². The maximum Gasteiger partial charge on any atom is 0.469 e. The van der Waals surface area contributed by atoms with E-state index in [0.29, 0.717) is 17.8 Å². The number of benzene rings is 1. The van der Waals surface area contributed by atoms with Gasteiger partial charge in [0, 0.05) is 9.37 Å². The van der Waals surface area contributed by atoms with Gasteiger partial charge in [-0.25, -0.2) is 0 Å². The second kappa shape index (κ2) is 6.80. The highest BCUT2D eigenvalue weighted by atomic mass is 79.9. The Labute approximate surface area is 179 Å². The summed E-state index contributed by atoms with van der Waals surface area (Å²) in [5.41, 5.74) is -0.829. The number of aromatic nitrogens is 2. The van der Waals surface area contributed by atoms with Gasteiger partial charge >= 0.3 is 11.5 Å². The van der Waals surface area contributed by atoms with E-state index in [1.807, 2.05) is 24.3 Å². The largest absolute Gasteiger partial charge is 0.469 e. The zero-order valence-corrected chi connectivity index (χ0v) is 17.9. The SMILES string of the molecule is O=[N+]([O-])c1nn(C23CC4CC(CC(C4)C2)C3)c(Sc2ccc(Br)cc2)c1[N+](=O)[O-]. The monoisotopic (exact) mass is 478 g/mol. The second-order valence-electron chi connectivity index (χ2n) is 8.60. The predicted molar refractivity (Wildman–Crippen MR) is 110 cm³/mol. The average molecular weight is 479 g/mol. The molecule has 10 heteroatoms. The number of nitro groups is 2. The third-order valence-corrected chi connectivity index (χ3v) is 8.24. The van der Waals surface area contributed by atoms with Gasteiger partial charge in [-0.3, -0.25) is 10.1 Å². The average Bonchev–Trinajstić information content (AvgIpc) is 3.03. The Balaban J connectivity index is 1.66. The van der Waals surface area contributed by atoms with E-state index in [4.69, 9.17) is 0 Å². The van der Waals surface area contributed by atoms with Crippen LogP contribution in [0.2, 0.25) is 0 Å². The summed E-state index contributed by atoms with van der Waals surface area (Å²) in [4.78, 5) is 22.9. The van der Waals surface area contributed by atoms with Crippen LogP contribution in [0, 0.1) is 38.0 Å². The molecule has 0 radical (unpaired) electrons. The molecular formula is C19H19BrN4O4S. The van der Waals surface area contributed by atoms with Crippen LogP contribution in [0.25, 0.3) is 0 Å². The summed E-state index contributed by atoms with van der Waals surface area (Å²) in [5.74, 6) is 1.13.